The minimum atomic E-state index is -1.32. The number of benzene rings is 4. The Bertz CT molecular complexity index is 1650. The molecular formula is C32H27FN2O8. The Labute approximate surface area is 245 Å². The molecule has 5 rings (SSSR count). The van der Waals surface area contributed by atoms with Gasteiger partial charge in [0.15, 0.2) is 5.75 Å². The lowest BCUT2D eigenvalue weighted by molar-refractivity contribution is -0.386. The van der Waals surface area contributed by atoms with Crippen LogP contribution in [0.15, 0.2) is 84.9 Å². The number of hydrogen-bond donors (Lipinski definition) is 2. The van der Waals surface area contributed by atoms with Crippen molar-refractivity contribution >= 4 is 17.7 Å². The first kappa shape index (κ1) is 29.1. The SMILES string of the molecule is COc1ccc(CC(NC(=O)OCC2c3ccccc3-c3ccccc32)C(=O)O)cc1COc1cc(F)ccc1[N+](=O)[O-]. The number of hydrogen-bond acceptors (Lipinski definition) is 7. The Morgan fingerprint density at radius 2 is 1.65 bits per heavy atom. The van der Waals surface area contributed by atoms with Crippen molar-refractivity contribution in [1.82, 2.24) is 5.32 Å². The molecule has 0 bridgehead atoms. The first-order chi connectivity index (χ1) is 20.7. The summed E-state index contributed by atoms with van der Waals surface area (Å²) in [6.07, 6.45) is -0.971. The van der Waals surface area contributed by atoms with E-state index in [1.165, 1.54) is 7.11 Å². The molecule has 0 heterocycles. The molecule has 220 valence electrons. The van der Waals surface area contributed by atoms with Crippen LogP contribution in [0.25, 0.3) is 11.1 Å². The quantitative estimate of drug-likeness (QED) is 0.165. The molecule has 0 fully saturated rings. The van der Waals surface area contributed by atoms with Crippen molar-refractivity contribution < 1.29 is 38.2 Å². The molecule has 4 aromatic carbocycles. The molecule has 0 aromatic heterocycles. The van der Waals surface area contributed by atoms with Crippen LogP contribution in [0.2, 0.25) is 0 Å². The highest BCUT2D eigenvalue weighted by Crippen LogP contribution is 2.44. The van der Waals surface area contributed by atoms with E-state index < -0.39 is 34.5 Å². The summed E-state index contributed by atoms with van der Waals surface area (Å²) in [6.45, 7) is -0.193. The number of carboxylic acids is 1. The molecule has 1 unspecified atom stereocenters. The molecule has 0 saturated carbocycles. The number of carbonyl (C=O) groups excluding carboxylic acids is 1. The third kappa shape index (κ3) is 6.40. The molecule has 10 nitrogen and oxygen atoms in total. The molecule has 1 aliphatic rings. The number of fused-ring (bicyclic) bond motifs is 3. The van der Waals surface area contributed by atoms with Gasteiger partial charge in [0.1, 0.15) is 30.8 Å². The van der Waals surface area contributed by atoms with Crippen LogP contribution in [0, 0.1) is 15.9 Å². The number of alkyl carbamates (subject to hydrolysis) is 1. The second-order valence-electron chi connectivity index (χ2n) is 9.87. The van der Waals surface area contributed by atoms with Gasteiger partial charge in [0.05, 0.1) is 12.0 Å². The van der Waals surface area contributed by atoms with Crippen molar-refractivity contribution in [2.45, 2.75) is 25.0 Å². The van der Waals surface area contributed by atoms with Crippen LogP contribution in [-0.4, -0.2) is 41.9 Å². The number of nitro groups is 1. The van der Waals surface area contributed by atoms with Crippen molar-refractivity contribution in [1.29, 1.82) is 0 Å². The van der Waals surface area contributed by atoms with Crippen LogP contribution in [0.5, 0.6) is 11.5 Å². The predicted octanol–water partition coefficient (Wildman–Crippen LogP) is 5.86. The smallest absolute Gasteiger partial charge is 0.407 e. The van der Waals surface area contributed by atoms with E-state index in [4.69, 9.17) is 14.2 Å². The first-order valence-electron chi connectivity index (χ1n) is 13.3. The fourth-order valence-corrected chi connectivity index (χ4v) is 5.20. The van der Waals surface area contributed by atoms with Crippen molar-refractivity contribution in [2.24, 2.45) is 0 Å². The lowest BCUT2D eigenvalue weighted by Crippen LogP contribution is -2.42. The number of ether oxygens (including phenoxy) is 3. The van der Waals surface area contributed by atoms with Gasteiger partial charge in [0.25, 0.3) is 0 Å². The summed E-state index contributed by atoms with van der Waals surface area (Å²) in [4.78, 5) is 35.4. The van der Waals surface area contributed by atoms with Gasteiger partial charge in [0.2, 0.25) is 0 Å². The fourth-order valence-electron chi connectivity index (χ4n) is 5.20. The van der Waals surface area contributed by atoms with Gasteiger partial charge in [-0.25, -0.2) is 14.0 Å². The van der Waals surface area contributed by atoms with Crippen molar-refractivity contribution in [3.63, 3.8) is 0 Å². The number of amides is 1. The molecule has 0 aliphatic heterocycles. The number of methoxy groups -OCH3 is 1. The summed E-state index contributed by atoms with van der Waals surface area (Å²) >= 11 is 0. The molecule has 4 aromatic rings. The third-order valence-electron chi connectivity index (χ3n) is 7.22. The largest absolute Gasteiger partial charge is 0.496 e. The lowest BCUT2D eigenvalue weighted by Gasteiger charge is -2.18. The van der Waals surface area contributed by atoms with Gasteiger partial charge in [0, 0.05) is 30.0 Å². The van der Waals surface area contributed by atoms with Gasteiger partial charge >= 0.3 is 17.7 Å². The maximum atomic E-state index is 13.7. The Hall–Kier alpha value is -5.45. The number of rotatable bonds is 11. The molecule has 0 spiro atoms. The van der Waals surface area contributed by atoms with Gasteiger partial charge in [-0.15, -0.1) is 0 Å². The number of nitrogens with zero attached hydrogens (tertiary/aromatic N) is 1. The van der Waals surface area contributed by atoms with Crippen LogP contribution in [0.1, 0.15) is 28.2 Å². The monoisotopic (exact) mass is 586 g/mol. The highest BCUT2D eigenvalue weighted by atomic mass is 19.1. The molecule has 11 heteroatoms. The van der Waals surface area contributed by atoms with E-state index in [2.05, 4.69) is 5.32 Å². The van der Waals surface area contributed by atoms with Gasteiger partial charge in [-0.1, -0.05) is 54.6 Å². The second-order valence-corrected chi connectivity index (χ2v) is 9.87. The van der Waals surface area contributed by atoms with Crippen LogP contribution in [0.4, 0.5) is 14.9 Å². The van der Waals surface area contributed by atoms with Crippen molar-refractivity contribution in [2.75, 3.05) is 13.7 Å². The molecule has 0 saturated heterocycles. The van der Waals surface area contributed by atoms with Gasteiger partial charge < -0.3 is 24.6 Å². The molecular weight excluding hydrogens is 559 g/mol. The topological polar surface area (TPSA) is 137 Å². The van der Waals surface area contributed by atoms with Crippen LogP contribution in [-0.2, 0) is 22.6 Å². The highest BCUT2D eigenvalue weighted by molar-refractivity contribution is 5.81. The number of aliphatic carboxylic acids is 1. The average Bonchev–Trinajstić information content (AvgIpc) is 3.32. The van der Waals surface area contributed by atoms with E-state index in [-0.39, 0.29) is 31.3 Å². The van der Waals surface area contributed by atoms with E-state index in [1.807, 2.05) is 48.5 Å². The van der Waals surface area contributed by atoms with Crippen LogP contribution in [0.3, 0.4) is 0 Å². The summed E-state index contributed by atoms with van der Waals surface area (Å²) in [6, 6.07) is 22.1. The fraction of sp³-hybridized carbons (Fsp3) is 0.188. The van der Waals surface area contributed by atoms with E-state index in [1.54, 1.807) is 18.2 Å². The molecule has 1 aliphatic carbocycles. The summed E-state index contributed by atoms with van der Waals surface area (Å²) in [5.41, 5.74) is 4.74. The molecule has 0 radical (unpaired) electrons. The maximum Gasteiger partial charge on any atom is 0.407 e. The maximum absolute atomic E-state index is 13.7. The minimum Gasteiger partial charge on any atom is -0.496 e. The summed E-state index contributed by atoms with van der Waals surface area (Å²) in [5.74, 6) is -2.04. The highest BCUT2D eigenvalue weighted by Gasteiger charge is 2.30. The Balaban J connectivity index is 1.25. The minimum absolute atomic E-state index is 0.0302. The molecule has 1 amide bonds. The molecule has 43 heavy (non-hydrogen) atoms. The van der Waals surface area contributed by atoms with E-state index in [9.17, 15) is 29.2 Å². The van der Waals surface area contributed by atoms with E-state index >= 15 is 0 Å². The standard InChI is InChI=1S/C32H27FN2O8/c1-41-29-13-10-19(14-20(29)17-42-30-16-21(33)11-12-28(30)35(39)40)15-27(31(36)37)34-32(38)43-18-26-24-8-4-2-6-22(24)23-7-3-5-9-25(23)26/h2-14,16,26-27H,15,17-18H2,1H3,(H,34,38)(H,36,37). The zero-order valence-electron chi connectivity index (χ0n) is 23.0. The van der Waals surface area contributed by atoms with Crippen molar-refractivity contribution in [3.05, 3.63) is 123 Å². The summed E-state index contributed by atoms with van der Waals surface area (Å²) in [5, 5.41) is 23.6. The van der Waals surface area contributed by atoms with E-state index in [0.29, 0.717) is 16.9 Å². The molecule has 2 N–H and O–H groups in total. The summed E-state index contributed by atoms with van der Waals surface area (Å²) < 4.78 is 30.1. The number of halogens is 1. The zero-order chi connectivity index (χ0) is 30.5. The zero-order valence-corrected chi connectivity index (χ0v) is 23.0. The number of carbonyl (C=O) groups is 2. The Morgan fingerprint density at radius 1 is 0.977 bits per heavy atom. The summed E-state index contributed by atoms with van der Waals surface area (Å²) in [7, 11) is 1.42. The second kappa shape index (κ2) is 12.6. The number of carboxylic acid groups (broad SMARTS) is 1. The number of nitro benzene ring substituents is 1. The molecule has 1 atom stereocenters. The normalized spacial score (nSPS) is 12.5. The Kier molecular flexibility index (Phi) is 8.51. The lowest BCUT2D eigenvalue weighted by atomic mass is 9.98. The van der Waals surface area contributed by atoms with Gasteiger partial charge in [-0.05, 0) is 46.0 Å². The van der Waals surface area contributed by atoms with Gasteiger partial charge in [-0.3, -0.25) is 10.1 Å². The third-order valence-corrected chi connectivity index (χ3v) is 7.22. The van der Waals surface area contributed by atoms with Crippen LogP contribution >= 0.6 is 0 Å². The van der Waals surface area contributed by atoms with E-state index in [0.717, 1.165) is 40.5 Å². The predicted molar refractivity (Wildman–Crippen MR) is 154 cm³/mol. The first-order valence-corrected chi connectivity index (χ1v) is 13.3. The Morgan fingerprint density at radius 3 is 2.28 bits per heavy atom. The average molecular weight is 587 g/mol. The van der Waals surface area contributed by atoms with Crippen molar-refractivity contribution in [3.8, 4) is 22.6 Å². The van der Waals surface area contributed by atoms with Crippen LogP contribution < -0.4 is 14.8 Å². The number of nitrogens with one attached hydrogen (secondary N) is 1. The van der Waals surface area contributed by atoms with Gasteiger partial charge in [-0.2, -0.15) is 0 Å².